The molecule has 0 aliphatic carbocycles. The van der Waals surface area contributed by atoms with Gasteiger partial charge in [0, 0.05) is 6.54 Å². The standard InChI is InChI=1S/C19H21NO3S/c1-3-20-18(21)13-24-19(20)15-9-10-16(17(11-15)22-2)23-12-14-7-5-4-6-8-14/h4-11,19H,3,12-13H2,1-2H3. The molecule has 1 fully saturated rings. The predicted molar refractivity (Wildman–Crippen MR) is 96.4 cm³/mol. The van der Waals surface area contributed by atoms with E-state index in [1.54, 1.807) is 18.9 Å². The van der Waals surface area contributed by atoms with Crippen LogP contribution >= 0.6 is 11.8 Å². The van der Waals surface area contributed by atoms with Crippen molar-refractivity contribution in [2.75, 3.05) is 19.4 Å². The summed E-state index contributed by atoms with van der Waals surface area (Å²) in [5.41, 5.74) is 2.18. The van der Waals surface area contributed by atoms with E-state index in [0.29, 0.717) is 30.4 Å². The molecule has 1 amide bonds. The number of methoxy groups -OCH3 is 1. The molecule has 0 spiro atoms. The summed E-state index contributed by atoms with van der Waals surface area (Å²) in [4.78, 5) is 13.8. The number of rotatable bonds is 6. The van der Waals surface area contributed by atoms with E-state index in [2.05, 4.69) is 0 Å². The molecule has 0 bridgehead atoms. The van der Waals surface area contributed by atoms with Crippen LogP contribution in [0.25, 0.3) is 0 Å². The lowest BCUT2D eigenvalue weighted by molar-refractivity contribution is -0.127. The Hall–Kier alpha value is -2.14. The number of carbonyl (C=O) groups is 1. The van der Waals surface area contributed by atoms with Crippen molar-refractivity contribution >= 4 is 17.7 Å². The summed E-state index contributed by atoms with van der Waals surface area (Å²) in [5.74, 6) is 2.13. The Bertz CT molecular complexity index is 705. The molecule has 1 unspecified atom stereocenters. The number of hydrogen-bond donors (Lipinski definition) is 0. The van der Waals surface area contributed by atoms with Crippen molar-refractivity contribution in [2.24, 2.45) is 0 Å². The Kier molecular flexibility index (Phi) is 5.30. The summed E-state index contributed by atoms with van der Waals surface area (Å²) in [5, 5.41) is 0.0552. The number of carbonyl (C=O) groups excluding carboxylic acids is 1. The molecule has 0 saturated carbocycles. The minimum Gasteiger partial charge on any atom is -0.493 e. The maximum Gasteiger partial charge on any atom is 0.233 e. The van der Waals surface area contributed by atoms with Crippen molar-refractivity contribution in [1.82, 2.24) is 4.90 Å². The molecular weight excluding hydrogens is 322 g/mol. The zero-order valence-electron chi connectivity index (χ0n) is 13.9. The van der Waals surface area contributed by atoms with Crippen LogP contribution in [0.4, 0.5) is 0 Å². The molecule has 1 aliphatic rings. The van der Waals surface area contributed by atoms with Crippen LogP contribution in [0.15, 0.2) is 48.5 Å². The van der Waals surface area contributed by atoms with E-state index in [0.717, 1.165) is 11.1 Å². The third-order valence-corrected chi connectivity index (χ3v) is 5.27. The quantitative estimate of drug-likeness (QED) is 0.798. The largest absolute Gasteiger partial charge is 0.493 e. The number of ether oxygens (including phenoxy) is 2. The van der Waals surface area contributed by atoms with Gasteiger partial charge in [-0.25, -0.2) is 0 Å². The first-order chi connectivity index (χ1) is 11.7. The van der Waals surface area contributed by atoms with Gasteiger partial charge >= 0.3 is 0 Å². The Morgan fingerprint density at radius 1 is 1.17 bits per heavy atom. The lowest BCUT2D eigenvalue weighted by atomic mass is 10.1. The molecule has 126 valence electrons. The smallest absolute Gasteiger partial charge is 0.233 e. The van der Waals surface area contributed by atoms with Crippen LogP contribution in [-0.4, -0.2) is 30.2 Å². The molecule has 1 atom stereocenters. The van der Waals surface area contributed by atoms with Gasteiger partial charge in [0.1, 0.15) is 12.0 Å². The second-order valence-electron chi connectivity index (χ2n) is 5.53. The summed E-state index contributed by atoms with van der Waals surface area (Å²) in [6.45, 7) is 3.21. The number of thioether (sulfide) groups is 1. The molecular formula is C19H21NO3S. The summed E-state index contributed by atoms with van der Waals surface area (Å²) in [6, 6.07) is 15.9. The maximum atomic E-state index is 11.9. The lowest BCUT2D eigenvalue weighted by Crippen LogP contribution is -2.27. The molecule has 1 saturated heterocycles. The first-order valence-corrected chi connectivity index (χ1v) is 9.03. The molecule has 0 aromatic heterocycles. The Morgan fingerprint density at radius 3 is 2.67 bits per heavy atom. The molecule has 1 aliphatic heterocycles. The van der Waals surface area contributed by atoms with Gasteiger partial charge in [-0.3, -0.25) is 4.79 Å². The van der Waals surface area contributed by atoms with Crippen molar-refractivity contribution in [1.29, 1.82) is 0 Å². The van der Waals surface area contributed by atoms with Crippen LogP contribution in [0.1, 0.15) is 23.4 Å². The molecule has 24 heavy (non-hydrogen) atoms. The van der Waals surface area contributed by atoms with Crippen LogP contribution in [0.3, 0.4) is 0 Å². The highest BCUT2D eigenvalue weighted by Crippen LogP contribution is 2.41. The number of hydrogen-bond acceptors (Lipinski definition) is 4. The molecule has 0 radical (unpaired) electrons. The Morgan fingerprint density at radius 2 is 1.96 bits per heavy atom. The fourth-order valence-electron chi connectivity index (χ4n) is 2.76. The Balaban J connectivity index is 1.77. The second-order valence-corrected chi connectivity index (χ2v) is 6.60. The van der Waals surface area contributed by atoms with E-state index in [-0.39, 0.29) is 11.3 Å². The fraction of sp³-hybridized carbons (Fsp3) is 0.316. The third-order valence-electron chi connectivity index (χ3n) is 4.02. The van der Waals surface area contributed by atoms with Crippen LogP contribution in [-0.2, 0) is 11.4 Å². The fourth-order valence-corrected chi connectivity index (χ4v) is 4.02. The van der Waals surface area contributed by atoms with Gasteiger partial charge in [0.05, 0.1) is 12.9 Å². The van der Waals surface area contributed by atoms with Crippen molar-refractivity contribution in [3.63, 3.8) is 0 Å². The normalized spacial score (nSPS) is 17.2. The van der Waals surface area contributed by atoms with Crippen molar-refractivity contribution < 1.29 is 14.3 Å². The van der Waals surface area contributed by atoms with Gasteiger partial charge in [0.25, 0.3) is 0 Å². The monoisotopic (exact) mass is 343 g/mol. The molecule has 2 aromatic rings. The average Bonchev–Trinajstić information content (AvgIpc) is 3.01. The first-order valence-electron chi connectivity index (χ1n) is 7.98. The highest BCUT2D eigenvalue weighted by atomic mass is 32.2. The Labute approximate surface area is 146 Å². The molecule has 4 nitrogen and oxygen atoms in total. The average molecular weight is 343 g/mol. The first kappa shape index (κ1) is 16.7. The zero-order chi connectivity index (χ0) is 16.9. The summed E-state index contributed by atoms with van der Waals surface area (Å²) >= 11 is 1.65. The van der Waals surface area contributed by atoms with E-state index in [9.17, 15) is 4.79 Å². The van der Waals surface area contributed by atoms with Crippen molar-refractivity contribution in [3.8, 4) is 11.5 Å². The zero-order valence-corrected chi connectivity index (χ0v) is 14.7. The minimum atomic E-state index is 0.0552. The van der Waals surface area contributed by atoms with E-state index >= 15 is 0 Å². The molecule has 0 N–H and O–H groups in total. The third kappa shape index (κ3) is 3.51. The molecule has 3 rings (SSSR count). The summed E-state index contributed by atoms with van der Waals surface area (Å²) in [6.07, 6.45) is 0. The molecule has 5 heteroatoms. The van der Waals surface area contributed by atoms with Gasteiger partial charge < -0.3 is 14.4 Å². The van der Waals surface area contributed by atoms with Crippen LogP contribution < -0.4 is 9.47 Å². The van der Waals surface area contributed by atoms with Gasteiger partial charge in [0.2, 0.25) is 5.91 Å². The second kappa shape index (κ2) is 7.62. The highest BCUT2D eigenvalue weighted by Gasteiger charge is 2.31. The van der Waals surface area contributed by atoms with Crippen LogP contribution in [0, 0.1) is 0 Å². The molecule has 2 aromatic carbocycles. The highest BCUT2D eigenvalue weighted by molar-refractivity contribution is 8.00. The number of nitrogens with zero attached hydrogens (tertiary/aromatic N) is 1. The van der Waals surface area contributed by atoms with Gasteiger partial charge in [-0.15, -0.1) is 11.8 Å². The summed E-state index contributed by atoms with van der Waals surface area (Å²) in [7, 11) is 1.64. The van der Waals surface area contributed by atoms with Crippen LogP contribution in [0.5, 0.6) is 11.5 Å². The number of amides is 1. The predicted octanol–water partition coefficient (Wildman–Crippen LogP) is 3.87. The van der Waals surface area contributed by atoms with Crippen LogP contribution in [0.2, 0.25) is 0 Å². The van der Waals surface area contributed by atoms with Gasteiger partial charge in [-0.05, 0) is 30.2 Å². The van der Waals surface area contributed by atoms with Gasteiger partial charge in [-0.2, -0.15) is 0 Å². The lowest BCUT2D eigenvalue weighted by Gasteiger charge is -2.23. The van der Waals surface area contributed by atoms with Gasteiger partial charge in [0.15, 0.2) is 11.5 Å². The molecule has 1 heterocycles. The topological polar surface area (TPSA) is 38.8 Å². The van der Waals surface area contributed by atoms with Crippen molar-refractivity contribution in [2.45, 2.75) is 18.9 Å². The van der Waals surface area contributed by atoms with E-state index in [1.165, 1.54) is 0 Å². The van der Waals surface area contributed by atoms with E-state index in [1.807, 2.05) is 60.4 Å². The SMILES string of the molecule is CCN1C(=O)CSC1c1ccc(OCc2ccccc2)c(OC)c1. The van der Waals surface area contributed by atoms with Gasteiger partial charge in [-0.1, -0.05) is 36.4 Å². The minimum absolute atomic E-state index is 0.0552. The summed E-state index contributed by atoms with van der Waals surface area (Å²) < 4.78 is 11.4. The van der Waals surface area contributed by atoms with E-state index < -0.39 is 0 Å². The van der Waals surface area contributed by atoms with Crippen molar-refractivity contribution in [3.05, 3.63) is 59.7 Å². The van der Waals surface area contributed by atoms with E-state index in [4.69, 9.17) is 9.47 Å². The number of benzene rings is 2. The maximum absolute atomic E-state index is 11.9.